The average molecular weight is 415 g/mol. The molecule has 1 aromatic rings. The molecule has 6 nitrogen and oxygen atoms in total. The van der Waals surface area contributed by atoms with Gasteiger partial charge in [0.25, 0.3) is 0 Å². The molecule has 0 N–H and O–H groups in total. The monoisotopic (exact) mass is 414 g/mol. The van der Waals surface area contributed by atoms with Crippen molar-refractivity contribution < 1.29 is 17.9 Å². The van der Waals surface area contributed by atoms with Crippen LogP contribution in [0.3, 0.4) is 0 Å². The number of carbonyl (C=O) groups is 1. The molecule has 150 valence electrons. The summed E-state index contributed by atoms with van der Waals surface area (Å²) in [6.45, 7) is 5.62. The number of aryl methyl sites for hydroxylation is 1. The van der Waals surface area contributed by atoms with Crippen LogP contribution in [0.1, 0.15) is 38.2 Å². The number of benzene rings is 1. The van der Waals surface area contributed by atoms with E-state index in [2.05, 4.69) is 0 Å². The average Bonchev–Trinajstić information content (AvgIpc) is 2.65. The zero-order chi connectivity index (χ0) is 19.6. The van der Waals surface area contributed by atoms with Crippen LogP contribution in [0.15, 0.2) is 23.1 Å². The van der Waals surface area contributed by atoms with Crippen molar-refractivity contribution in [1.82, 2.24) is 9.21 Å². The van der Waals surface area contributed by atoms with Gasteiger partial charge in [0.2, 0.25) is 15.9 Å². The third-order valence-electron chi connectivity index (χ3n) is 5.55. The Labute approximate surface area is 166 Å². The minimum absolute atomic E-state index is 0.0634. The number of nitrogens with zero attached hydrogens (tertiary/aromatic N) is 2. The number of carbonyl (C=O) groups excluding carboxylic acids is 1. The first-order chi connectivity index (χ1) is 12.8. The van der Waals surface area contributed by atoms with Crippen LogP contribution in [-0.2, 0) is 19.6 Å². The summed E-state index contributed by atoms with van der Waals surface area (Å²) in [6, 6.07) is 5.12. The van der Waals surface area contributed by atoms with Gasteiger partial charge in [-0.15, -0.1) is 0 Å². The van der Waals surface area contributed by atoms with Crippen molar-refractivity contribution in [3.05, 3.63) is 28.8 Å². The molecule has 1 amide bonds. The molecule has 8 heteroatoms. The van der Waals surface area contributed by atoms with Gasteiger partial charge < -0.3 is 9.64 Å². The molecule has 0 bridgehead atoms. The van der Waals surface area contributed by atoms with Crippen molar-refractivity contribution in [3.63, 3.8) is 0 Å². The van der Waals surface area contributed by atoms with E-state index in [4.69, 9.17) is 16.3 Å². The third-order valence-corrected chi connectivity index (χ3v) is 7.85. The Kier molecular flexibility index (Phi) is 6.46. The molecule has 27 heavy (non-hydrogen) atoms. The highest BCUT2D eigenvalue weighted by molar-refractivity contribution is 7.89. The first kappa shape index (κ1) is 20.6. The number of hydrogen-bond acceptors (Lipinski definition) is 4. The molecular weight excluding hydrogens is 388 g/mol. The molecule has 2 aliphatic rings. The second-order valence-electron chi connectivity index (χ2n) is 7.32. The molecule has 2 fully saturated rings. The fraction of sp³-hybridized carbons (Fsp3) is 0.632. The summed E-state index contributed by atoms with van der Waals surface area (Å²) in [6.07, 6.45) is 2.99. The zero-order valence-electron chi connectivity index (χ0n) is 15.9. The standard InChI is InChI=1S/C19H27ClN2O4S/c1-14-3-4-18(13-19(14)20)27(24,25)21-9-5-16(6-10-21)22(15(2)23)17-7-11-26-12-8-17/h3-4,13,16-17H,5-12H2,1-2H3. The van der Waals surface area contributed by atoms with Gasteiger partial charge in [-0.25, -0.2) is 8.42 Å². The Balaban J connectivity index is 1.69. The Morgan fingerprint density at radius 1 is 1.15 bits per heavy atom. The van der Waals surface area contributed by atoms with Crippen LogP contribution in [0.2, 0.25) is 5.02 Å². The quantitative estimate of drug-likeness (QED) is 0.759. The molecule has 2 heterocycles. The number of halogens is 1. The predicted molar refractivity (Wildman–Crippen MR) is 104 cm³/mol. The molecule has 0 radical (unpaired) electrons. The fourth-order valence-corrected chi connectivity index (χ4v) is 5.76. The van der Waals surface area contributed by atoms with Crippen molar-refractivity contribution in [3.8, 4) is 0 Å². The van der Waals surface area contributed by atoms with Crippen molar-refractivity contribution >= 4 is 27.5 Å². The minimum Gasteiger partial charge on any atom is -0.381 e. The molecule has 0 saturated carbocycles. The highest BCUT2D eigenvalue weighted by Gasteiger charge is 2.35. The zero-order valence-corrected chi connectivity index (χ0v) is 17.4. The minimum atomic E-state index is -3.57. The first-order valence-corrected chi connectivity index (χ1v) is 11.3. The van der Waals surface area contributed by atoms with E-state index in [0.717, 1.165) is 18.4 Å². The van der Waals surface area contributed by atoms with Crippen LogP contribution in [0, 0.1) is 6.92 Å². The van der Waals surface area contributed by atoms with Crippen molar-refractivity contribution in [2.75, 3.05) is 26.3 Å². The van der Waals surface area contributed by atoms with E-state index in [0.29, 0.717) is 44.2 Å². The molecule has 0 spiro atoms. The molecular formula is C19H27ClN2O4S. The Morgan fingerprint density at radius 2 is 1.74 bits per heavy atom. The maximum atomic E-state index is 12.9. The van der Waals surface area contributed by atoms with Gasteiger partial charge in [0.15, 0.2) is 0 Å². The van der Waals surface area contributed by atoms with Crippen molar-refractivity contribution in [2.24, 2.45) is 0 Å². The Hall–Kier alpha value is -1.15. The number of amides is 1. The molecule has 1 aromatic carbocycles. The second-order valence-corrected chi connectivity index (χ2v) is 9.66. The molecule has 2 aliphatic heterocycles. The fourth-order valence-electron chi connectivity index (χ4n) is 4.02. The molecule has 0 atom stereocenters. The Morgan fingerprint density at radius 3 is 2.30 bits per heavy atom. The number of sulfonamides is 1. The number of ether oxygens (including phenoxy) is 1. The SMILES string of the molecule is CC(=O)N(C1CCOCC1)C1CCN(S(=O)(=O)c2ccc(C)c(Cl)c2)CC1. The molecule has 0 unspecified atom stereocenters. The van der Waals surface area contributed by atoms with E-state index >= 15 is 0 Å². The van der Waals surface area contributed by atoms with E-state index in [9.17, 15) is 13.2 Å². The van der Waals surface area contributed by atoms with Crippen LogP contribution < -0.4 is 0 Å². The van der Waals surface area contributed by atoms with Gasteiger partial charge in [0, 0.05) is 50.3 Å². The van der Waals surface area contributed by atoms with Gasteiger partial charge in [0.05, 0.1) is 4.90 Å². The second kappa shape index (κ2) is 8.47. The first-order valence-electron chi connectivity index (χ1n) is 9.43. The lowest BCUT2D eigenvalue weighted by molar-refractivity contribution is -0.137. The summed E-state index contributed by atoms with van der Waals surface area (Å²) in [5, 5.41) is 0.452. The summed E-state index contributed by atoms with van der Waals surface area (Å²) >= 11 is 6.11. The summed E-state index contributed by atoms with van der Waals surface area (Å²) in [5.41, 5.74) is 0.850. The van der Waals surface area contributed by atoms with Crippen molar-refractivity contribution in [1.29, 1.82) is 0 Å². The summed E-state index contributed by atoms with van der Waals surface area (Å²) in [4.78, 5) is 14.4. The molecule has 0 aromatic heterocycles. The summed E-state index contributed by atoms with van der Waals surface area (Å²) in [7, 11) is -3.57. The summed E-state index contributed by atoms with van der Waals surface area (Å²) < 4.78 is 32.8. The van der Waals surface area contributed by atoms with Gasteiger partial charge in [0.1, 0.15) is 0 Å². The third kappa shape index (κ3) is 4.47. The van der Waals surface area contributed by atoms with E-state index in [-0.39, 0.29) is 22.9 Å². The Bertz CT molecular complexity index is 785. The summed E-state index contributed by atoms with van der Waals surface area (Å²) in [5.74, 6) is 0.0634. The highest BCUT2D eigenvalue weighted by atomic mass is 35.5. The van der Waals surface area contributed by atoms with E-state index in [1.807, 2.05) is 11.8 Å². The number of rotatable bonds is 4. The largest absolute Gasteiger partial charge is 0.381 e. The van der Waals surface area contributed by atoms with Crippen LogP contribution >= 0.6 is 11.6 Å². The lowest BCUT2D eigenvalue weighted by Crippen LogP contribution is -2.53. The van der Waals surface area contributed by atoms with Gasteiger partial charge in [-0.3, -0.25) is 4.79 Å². The number of hydrogen-bond donors (Lipinski definition) is 0. The van der Waals surface area contributed by atoms with Crippen LogP contribution in [-0.4, -0.2) is 61.9 Å². The van der Waals surface area contributed by atoms with Crippen LogP contribution in [0.5, 0.6) is 0 Å². The van der Waals surface area contributed by atoms with E-state index < -0.39 is 10.0 Å². The smallest absolute Gasteiger partial charge is 0.243 e. The van der Waals surface area contributed by atoms with Crippen molar-refractivity contribution in [2.45, 2.75) is 56.5 Å². The lowest BCUT2D eigenvalue weighted by Gasteiger charge is -2.43. The number of piperidine rings is 1. The maximum absolute atomic E-state index is 12.9. The van der Waals surface area contributed by atoms with E-state index in [1.54, 1.807) is 19.1 Å². The van der Waals surface area contributed by atoms with Gasteiger partial charge in [-0.1, -0.05) is 17.7 Å². The molecule has 3 rings (SSSR count). The topological polar surface area (TPSA) is 66.9 Å². The molecule has 2 saturated heterocycles. The lowest BCUT2D eigenvalue weighted by atomic mass is 9.99. The normalized spacial score (nSPS) is 20.6. The van der Waals surface area contributed by atoms with E-state index in [1.165, 1.54) is 10.4 Å². The highest BCUT2D eigenvalue weighted by Crippen LogP contribution is 2.28. The van der Waals surface area contributed by atoms with Crippen LogP contribution in [0.25, 0.3) is 0 Å². The van der Waals surface area contributed by atoms with Gasteiger partial charge in [-0.05, 0) is 50.3 Å². The van der Waals surface area contributed by atoms with Crippen LogP contribution in [0.4, 0.5) is 0 Å². The van der Waals surface area contributed by atoms with Gasteiger partial charge >= 0.3 is 0 Å². The maximum Gasteiger partial charge on any atom is 0.243 e. The predicted octanol–water partition coefficient (Wildman–Crippen LogP) is 2.83. The van der Waals surface area contributed by atoms with Gasteiger partial charge in [-0.2, -0.15) is 4.31 Å². The molecule has 0 aliphatic carbocycles.